The molecule has 0 fully saturated rings. The summed E-state index contributed by atoms with van der Waals surface area (Å²) >= 11 is 3.51. The van der Waals surface area contributed by atoms with Gasteiger partial charge in [0.25, 0.3) is 0 Å². The number of rotatable bonds is 3. The number of hydrogen-bond donors (Lipinski definition) is 2. The summed E-state index contributed by atoms with van der Waals surface area (Å²) in [6.45, 7) is 3.99. The van der Waals surface area contributed by atoms with E-state index in [0.717, 1.165) is 15.6 Å². The smallest absolute Gasteiger partial charge is 0.230 e. The fourth-order valence-corrected chi connectivity index (χ4v) is 1.98. The van der Waals surface area contributed by atoms with Gasteiger partial charge in [-0.25, -0.2) is 4.98 Å². The number of nitrogens with zero attached hydrogens (tertiary/aromatic N) is 1. The quantitative estimate of drug-likeness (QED) is 0.671. The van der Waals surface area contributed by atoms with E-state index >= 15 is 0 Å². The Hall–Kier alpha value is -1.88. The maximum atomic E-state index is 7.51. The van der Waals surface area contributed by atoms with Gasteiger partial charge in [-0.2, -0.15) is 0 Å². The molecule has 1 aromatic carbocycles. The molecule has 5 heteroatoms. The van der Waals surface area contributed by atoms with Gasteiger partial charge in [-0.3, -0.25) is 5.41 Å². The Morgan fingerprint density at radius 2 is 1.95 bits per heavy atom. The Kier molecular flexibility index (Phi) is 3.85. The summed E-state index contributed by atoms with van der Waals surface area (Å²) in [5, 5.41) is 7.51. The van der Waals surface area contributed by atoms with Crippen LogP contribution in [0, 0.1) is 19.3 Å². The van der Waals surface area contributed by atoms with Gasteiger partial charge in [0.1, 0.15) is 11.6 Å². The Morgan fingerprint density at radius 1 is 1.32 bits per heavy atom. The first-order valence-electron chi connectivity index (χ1n) is 5.73. The second kappa shape index (κ2) is 5.40. The van der Waals surface area contributed by atoms with Crippen molar-refractivity contribution >= 4 is 21.8 Å². The van der Waals surface area contributed by atoms with Crippen molar-refractivity contribution in [2.45, 2.75) is 13.8 Å². The van der Waals surface area contributed by atoms with E-state index in [1.54, 1.807) is 18.3 Å². The van der Waals surface area contributed by atoms with Crippen LogP contribution >= 0.6 is 15.9 Å². The summed E-state index contributed by atoms with van der Waals surface area (Å²) in [6.07, 6.45) is 1.61. The highest BCUT2D eigenvalue weighted by atomic mass is 79.9. The van der Waals surface area contributed by atoms with E-state index in [1.807, 2.05) is 26.0 Å². The minimum atomic E-state index is -0.0614. The Bertz CT molecular complexity index is 617. The number of nitrogen functional groups attached to an aromatic ring is 1. The highest BCUT2D eigenvalue weighted by molar-refractivity contribution is 9.10. The molecule has 0 spiro atoms. The molecule has 1 aromatic heterocycles. The third-order valence-electron chi connectivity index (χ3n) is 2.69. The van der Waals surface area contributed by atoms with Crippen LogP contribution in [0.15, 0.2) is 34.9 Å². The summed E-state index contributed by atoms with van der Waals surface area (Å²) in [7, 11) is 0. The van der Waals surface area contributed by atoms with Crippen molar-refractivity contribution in [1.29, 1.82) is 5.41 Å². The van der Waals surface area contributed by atoms with E-state index in [9.17, 15) is 0 Å². The van der Waals surface area contributed by atoms with Gasteiger partial charge in [0.2, 0.25) is 5.88 Å². The standard InChI is InChI=1S/C14H14BrN3O/c1-8-6-10(7-9(2)12(8)15)19-14-11(13(16)17)4-3-5-18-14/h3-7H,1-2H3,(H3,16,17). The predicted octanol–water partition coefficient (Wildman–Crippen LogP) is 3.54. The molecule has 0 saturated carbocycles. The number of nitrogens with one attached hydrogen (secondary N) is 1. The van der Waals surface area contributed by atoms with Crippen LogP contribution in [0.25, 0.3) is 0 Å². The normalized spacial score (nSPS) is 10.3. The Morgan fingerprint density at radius 3 is 2.53 bits per heavy atom. The maximum Gasteiger partial charge on any atom is 0.230 e. The minimum Gasteiger partial charge on any atom is -0.438 e. The number of benzene rings is 1. The second-order valence-electron chi connectivity index (χ2n) is 4.24. The minimum absolute atomic E-state index is 0.0614. The molecule has 19 heavy (non-hydrogen) atoms. The first kappa shape index (κ1) is 13.5. The molecule has 98 valence electrons. The molecule has 4 nitrogen and oxygen atoms in total. The number of pyridine rings is 1. The largest absolute Gasteiger partial charge is 0.438 e. The summed E-state index contributed by atoms with van der Waals surface area (Å²) in [5.41, 5.74) is 8.15. The predicted molar refractivity (Wildman–Crippen MR) is 78.9 cm³/mol. The first-order valence-corrected chi connectivity index (χ1v) is 6.52. The first-order chi connectivity index (χ1) is 8.99. The molecule has 0 saturated heterocycles. The molecule has 0 atom stereocenters. The van der Waals surface area contributed by atoms with E-state index in [1.165, 1.54) is 0 Å². The average molecular weight is 320 g/mol. The molecule has 1 heterocycles. The van der Waals surface area contributed by atoms with E-state index in [4.69, 9.17) is 15.9 Å². The molecule has 0 amide bonds. The fourth-order valence-electron chi connectivity index (χ4n) is 1.75. The fraction of sp³-hybridized carbons (Fsp3) is 0.143. The zero-order chi connectivity index (χ0) is 14.0. The number of amidine groups is 1. The molecule has 0 unspecified atom stereocenters. The van der Waals surface area contributed by atoms with Crippen LogP contribution in [0.3, 0.4) is 0 Å². The van der Waals surface area contributed by atoms with Crippen molar-refractivity contribution in [2.75, 3.05) is 0 Å². The number of aromatic nitrogens is 1. The van der Waals surface area contributed by atoms with E-state index in [-0.39, 0.29) is 5.84 Å². The Balaban J connectivity index is 2.39. The van der Waals surface area contributed by atoms with Gasteiger partial charge in [-0.1, -0.05) is 15.9 Å². The lowest BCUT2D eigenvalue weighted by atomic mass is 10.1. The summed E-state index contributed by atoms with van der Waals surface area (Å²) in [6, 6.07) is 7.26. The lowest BCUT2D eigenvalue weighted by molar-refractivity contribution is 0.461. The van der Waals surface area contributed by atoms with Crippen molar-refractivity contribution in [1.82, 2.24) is 4.98 Å². The van der Waals surface area contributed by atoms with Crippen LogP contribution in [-0.2, 0) is 0 Å². The average Bonchev–Trinajstić information content (AvgIpc) is 2.36. The zero-order valence-corrected chi connectivity index (χ0v) is 12.3. The van der Waals surface area contributed by atoms with Gasteiger partial charge >= 0.3 is 0 Å². The monoisotopic (exact) mass is 319 g/mol. The number of aryl methyl sites for hydroxylation is 2. The second-order valence-corrected chi connectivity index (χ2v) is 5.04. The molecule has 0 aliphatic carbocycles. The third kappa shape index (κ3) is 2.93. The van der Waals surface area contributed by atoms with Gasteiger partial charge in [-0.15, -0.1) is 0 Å². The van der Waals surface area contributed by atoms with E-state index < -0.39 is 0 Å². The van der Waals surface area contributed by atoms with Crippen LogP contribution in [0.4, 0.5) is 0 Å². The zero-order valence-electron chi connectivity index (χ0n) is 10.7. The molecule has 0 aliphatic rings. The van der Waals surface area contributed by atoms with Crippen LogP contribution in [0.1, 0.15) is 16.7 Å². The molecule has 2 rings (SSSR count). The van der Waals surface area contributed by atoms with Gasteiger partial charge in [0, 0.05) is 10.7 Å². The number of nitrogens with two attached hydrogens (primary N) is 1. The number of halogens is 1. The molecule has 2 aromatic rings. The van der Waals surface area contributed by atoms with Gasteiger partial charge in [0.15, 0.2) is 0 Å². The summed E-state index contributed by atoms with van der Waals surface area (Å²) in [5.74, 6) is 0.962. The molecule has 3 N–H and O–H groups in total. The molecular weight excluding hydrogens is 306 g/mol. The van der Waals surface area contributed by atoms with Crippen LogP contribution in [-0.4, -0.2) is 10.8 Å². The molecule has 0 bridgehead atoms. The van der Waals surface area contributed by atoms with Gasteiger partial charge < -0.3 is 10.5 Å². The van der Waals surface area contributed by atoms with Crippen molar-refractivity contribution < 1.29 is 4.74 Å². The van der Waals surface area contributed by atoms with Crippen molar-refractivity contribution in [3.05, 3.63) is 51.6 Å². The third-order valence-corrected chi connectivity index (χ3v) is 3.94. The molecule has 0 aliphatic heterocycles. The topological polar surface area (TPSA) is 72.0 Å². The molecular formula is C14H14BrN3O. The van der Waals surface area contributed by atoms with Crippen molar-refractivity contribution in [2.24, 2.45) is 5.73 Å². The highest BCUT2D eigenvalue weighted by Gasteiger charge is 2.10. The van der Waals surface area contributed by atoms with Gasteiger partial charge in [-0.05, 0) is 49.2 Å². The van der Waals surface area contributed by atoms with E-state index in [0.29, 0.717) is 17.2 Å². The van der Waals surface area contributed by atoms with E-state index in [2.05, 4.69) is 20.9 Å². The summed E-state index contributed by atoms with van der Waals surface area (Å²) < 4.78 is 6.80. The Labute approximate surface area is 120 Å². The SMILES string of the molecule is Cc1cc(Oc2ncccc2C(=N)N)cc(C)c1Br. The van der Waals surface area contributed by atoms with Crippen LogP contribution < -0.4 is 10.5 Å². The van der Waals surface area contributed by atoms with Crippen molar-refractivity contribution in [3.8, 4) is 11.6 Å². The van der Waals surface area contributed by atoms with Crippen molar-refractivity contribution in [3.63, 3.8) is 0 Å². The lowest BCUT2D eigenvalue weighted by Crippen LogP contribution is -2.12. The lowest BCUT2D eigenvalue weighted by Gasteiger charge is -2.11. The van der Waals surface area contributed by atoms with Crippen LogP contribution in [0.5, 0.6) is 11.6 Å². The maximum absolute atomic E-state index is 7.51. The number of hydrogen-bond acceptors (Lipinski definition) is 3. The molecule has 0 radical (unpaired) electrons. The highest BCUT2D eigenvalue weighted by Crippen LogP contribution is 2.29. The summed E-state index contributed by atoms with van der Waals surface area (Å²) in [4.78, 5) is 4.12. The van der Waals surface area contributed by atoms with Crippen LogP contribution in [0.2, 0.25) is 0 Å². The number of ether oxygens (including phenoxy) is 1. The van der Waals surface area contributed by atoms with Gasteiger partial charge in [0.05, 0.1) is 5.56 Å².